The number of aryl methyl sites for hydroxylation is 1. The predicted molar refractivity (Wildman–Crippen MR) is 69.1 cm³/mol. The molecule has 8 nitrogen and oxygen atoms in total. The summed E-state index contributed by atoms with van der Waals surface area (Å²) in [5, 5.41) is 13.9. The third kappa shape index (κ3) is 2.79. The zero-order valence-electron chi connectivity index (χ0n) is 10.2. The molecule has 9 heteroatoms. The summed E-state index contributed by atoms with van der Waals surface area (Å²) in [7, 11) is 0. The van der Waals surface area contributed by atoms with Crippen LogP contribution in [0.1, 0.15) is 24.5 Å². The Morgan fingerprint density at radius 3 is 2.84 bits per heavy atom. The molecule has 2 aromatic rings. The molecule has 2 heterocycles. The highest BCUT2D eigenvalue weighted by molar-refractivity contribution is 6.28. The Bertz CT molecular complexity index is 600. The van der Waals surface area contributed by atoms with E-state index < -0.39 is 4.92 Å². The lowest BCUT2D eigenvalue weighted by Gasteiger charge is -2.12. The highest BCUT2D eigenvalue weighted by Crippen LogP contribution is 2.28. The monoisotopic (exact) mass is 282 g/mol. The van der Waals surface area contributed by atoms with Crippen LogP contribution in [0.3, 0.4) is 0 Å². The minimum atomic E-state index is -0.539. The van der Waals surface area contributed by atoms with Crippen molar-refractivity contribution < 1.29 is 4.92 Å². The summed E-state index contributed by atoms with van der Waals surface area (Å²) in [6.07, 6.45) is 3.26. The lowest BCUT2D eigenvalue weighted by Crippen LogP contribution is -2.12. The molecule has 0 aliphatic carbocycles. The van der Waals surface area contributed by atoms with Gasteiger partial charge in [-0.3, -0.25) is 10.1 Å². The van der Waals surface area contributed by atoms with Gasteiger partial charge < -0.3 is 10.3 Å². The molecule has 0 bridgehead atoms. The van der Waals surface area contributed by atoms with Gasteiger partial charge in [-0.25, -0.2) is 9.97 Å². The van der Waals surface area contributed by atoms with Crippen LogP contribution >= 0.6 is 11.6 Å². The average molecular weight is 283 g/mol. The van der Waals surface area contributed by atoms with E-state index >= 15 is 0 Å². The molecule has 0 radical (unpaired) electrons. The van der Waals surface area contributed by atoms with Gasteiger partial charge in [0.1, 0.15) is 11.5 Å². The summed E-state index contributed by atoms with van der Waals surface area (Å²) in [4.78, 5) is 25.1. The van der Waals surface area contributed by atoms with Crippen LogP contribution in [0.2, 0.25) is 5.28 Å². The number of nitrogens with one attached hydrogen (secondary N) is 2. The van der Waals surface area contributed by atoms with Crippen molar-refractivity contribution in [2.75, 3.05) is 5.32 Å². The van der Waals surface area contributed by atoms with Gasteiger partial charge in [0.05, 0.1) is 11.0 Å². The normalized spacial score (nSPS) is 12.2. The number of hydrogen-bond donors (Lipinski definition) is 2. The molecular weight excluding hydrogens is 272 g/mol. The molecule has 1 atom stereocenters. The van der Waals surface area contributed by atoms with Crippen molar-refractivity contribution >= 4 is 23.1 Å². The van der Waals surface area contributed by atoms with Crippen LogP contribution in [-0.2, 0) is 0 Å². The second kappa shape index (κ2) is 5.19. The number of nitro groups is 1. The minimum Gasteiger partial charge on any atom is -0.355 e. The molecule has 19 heavy (non-hydrogen) atoms. The number of anilines is 1. The van der Waals surface area contributed by atoms with E-state index in [1.807, 2.05) is 0 Å². The van der Waals surface area contributed by atoms with E-state index in [-0.39, 0.29) is 28.5 Å². The first-order valence-electron chi connectivity index (χ1n) is 5.43. The Labute approximate surface area is 113 Å². The third-order valence-electron chi connectivity index (χ3n) is 2.50. The topological polar surface area (TPSA) is 110 Å². The molecule has 0 spiro atoms. The van der Waals surface area contributed by atoms with Gasteiger partial charge in [-0.2, -0.15) is 4.98 Å². The molecule has 0 fully saturated rings. The van der Waals surface area contributed by atoms with E-state index in [2.05, 4.69) is 25.3 Å². The smallest absolute Gasteiger partial charge is 0.332 e. The fourth-order valence-electron chi connectivity index (χ4n) is 1.64. The largest absolute Gasteiger partial charge is 0.355 e. The second-order valence-electron chi connectivity index (χ2n) is 3.87. The number of imidazole rings is 1. The van der Waals surface area contributed by atoms with Gasteiger partial charge in [0, 0.05) is 12.4 Å². The van der Waals surface area contributed by atoms with Crippen molar-refractivity contribution in [3.63, 3.8) is 0 Å². The number of nitrogens with zero attached hydrogens (tertiary/aromatic N) is 4. The van der Waals surface area contributed by atoms with Crippen LogP contribution in [0.5, 0.6) is 0 Å². The first-order valence-corrected chi connectivity index (χ1v) is 5.81. The summed E-state index contributed by atoms with van der Waals surface area (Å²) < 4.78 is 0. The van der Waals surface area contributed by atoms with Crippen molar-refractivity contribution in [2.45, 2.75) is 19.9 Å². The maximum Gasteiger partial charge on any atom is 0.332 e. The molecule has 2 aromatic heterocycles. The Kier molecular flexibility index (Phi) is 3.61. The van der Waals surface area contributed by atoms with Crippen LogP contribution in [0.25, 0.3) is 0 Å². The van der Waals surface area contributed by atoms with E-state index in [1.54, 1.807) is 19.3 Å². The minimum absolute atomic E-state index is 0.0442. The van der Waals surface area contributed by atoms with Crippen molar-refractivity contribution in [3.05, 3.63) is 39.3 Å². The molecule has 0 aromatic carbocycles. The van der Waals surface area contributed by atoms with Gasteiger partial charge in [0.15, 0.2) is 0 Å². The van der Waals surface area contributed by atoms with Crippen LogP contribution in [0.4, 0.5) is 11.5 Å². The first kappa shape index (κ1) is 13.2. The third-order valence-corrected chi connectivity index (χ3v) is 2.67. The van der Waals surface area contributed by atoms with Crippen LogP contribution in [0, 0.1) is 17.0 Å². The number of H-pyrrole nitrogens is 1. The van der Waals surface area contributed by atoms with Gasteiger partial charge in [-0.1, -0.05) is 0 Å². The van der Waals surface area contributed by atoms with Gasteiger partial charge in [-0.15, -0.1) is 0 Å². The molecule has 0 saturated heterocycles. The predicted octanol–water partition coefficient (Wildman–Crippen LogP) is 2.24. The Morgan fingerprint density at radius 1 is 1.53 bits per heavy atom. The first-order chi connectivity index (χ1) is 8.99. The zero-order chi connectivity index (χ0) is 14.0. The van der Waals surface area contributed by atoms with Crippen LogP contribution < -0.4 is 5.32 Å². The number of hydrogen-bond acceptors (Lipinski definition) is 6. The molecule has 2 rings (SSSR count). The SMILES string of the molecule is Cc1nc(Cl)nc(NC(C)c2ncc[nH]2)c1[N+](=O)[O-]. The van der Waals surface area contributed by atoms with Crippen molar-refractivity contribution in [3.8, 4) is 0 Å². The quantitative estimate of drug-likeness (QED) is 0.505. The van der Waals surface area contributed by atoms with Gasteiger partial charge in [0.25, 0.3) is 0 Å². The van der Waals surface area contributed by atoms with Crippen LogP contribution in [0.15, 0.2) is 12.4 Å². The number of aromatic nitrogens is 4. The average Bonchev–Trinajstić information content (AvgIpc) is 2.80. The van der Waals surface area contributed by atoms with E-state index in [1.165, 1.54) is 6.92 Å². The molecule has 0 aliphatic heterocycles. The maximum atomic E-state index is 11.0. The fraction of sp³-hybridized carbons (Fsp3) is 0.300. The van der Waals surface area contributed by atoms with Crippen molar-refractivity contribution in [1.29, 1.82) is 0 Å². The number of aromatic amines is 1. The van der Waals surface area contributed by atoms with E-state index in [4.69, 9.17) is 11.6 Å². The van der Waals surface area contributed by atoms with Gasteiger partial charge in [-0.05, 0) is 25.4 Å². The molecule has 1 unspecified atom stereocenters. The van der Waals surface area contributed by atoms with E-state index in [0.29, 0.717) is 5.82 Å². The lowest BCUT2D eigenvalue weighted by atomic mass is 10.3. The molecule has 0 aliphatic rings. The second-order valence-corrected chi connectivity index (χ2v) is 4.21. The summed E-state index contributed by atoms with van der Waals surface area (Å²) in [6, 6.07) is -0.279. The summed E-state index contributed by atoms with van der Waals surface area (Å²) in [6.45, 7) is 3.31. The Balaban J connectivity index is 2.36. The molecular formula is C10H11ClN6O2. The highest BCUT2D eigenvalue weighted by atomic mass is 35.5. The highest BCUT2D eigenvalue weighted by Gasteiger charge is 2.23. The number of rotatable bonds is 4. The molecule has 2 N–H and O–H groups in total. The fourth-order valence-corrected chi connectivity index (χ4v) is 1.85. The van der Waals surface area contributed by atoms with Crippen molar-refractivity contribution in [1.82, 2.24) is 19.9 Å². The van der Waals surface area contributed by atoms with Crippen molar-refractivity contribution in [2.24, 2.45) is 0 Å². The molecule has 0 amide bonds. The van der Waals surface area contributed by atoms with Crippen LogP contribution in [-0.4, -0.2) is 24.9 Å². The number of halogens is 1. The lowest BCUT2D eigenvalue weighted by molar-refractivity contribution is -0.385. The maximum absolute atomic E-state index is 11.0. The van der Waals surface area contributed by atoms with Gasteiger partial charge in [0.2, 0.25) is 11.1 Å². The van der Waals surface area contributed by atoms with E-state index in [9.17, 15) is 10.1 Å². The summed E-state index contributed by atoms with van der Waals surface area (Å²) in [5.41, 5.74) is 0.0157. The molecule has 0 saturated carbocycles. The Morgan fingerprint density at radius 2 is 2.26 bits per heavy atom. The zero-order valence-corrected chi connectivity index (χ0v) is 11.0. The standard InChI is InChI=1S/C10H11ClN6O2/c1-5-7(17(18)19)9(16-10(11)15-5)14-6(2)8-12-3-4-13-8/h3-4,6H,1-2H3,(H,12,13)(H,14,15,16). The van der Waals surface area contributed by atoms with Gasteiger partial charge >= 0.3 is 5.69 Å². The summed E-state index contributed by atoms with van der Waals surface area (Å²) >= 11 is 5.73. The molecule has 100 valence electrons. The van der Waals surface area contributed by atoms with E-state index in [0.717, 1.165) is 0 Å². The Hall–Kier alpha value is -2.22. The summed E-state index contributed by atoms with van der Waals surface area (Å²) in [5.74, 6) is 0.716.